The topological polar surface area (TPSA) is 232 Å². The van der Waals surface area contributed by atoms with Crippen molar-refractivity contribution in [3.63, 3.8) is 0 Å². The summed E-state index contributed by atoms with van der Waals surface area (Å²) in [6, 6.07) is 19.4. The highest BCUT2D eigenvalue weighted by Gasteiger charge is 2.37. The lowest BCUT2D eigenvalue weighted by atomic mass is 9.82. The van der Waals surface area contributed by atoms with Crippen LogP contribution in [-0.4, -0.2) is 61.6 Å². The molecule has 0 N–H and O–H groups in total. The Bertz CT molecular complexity index is 2650. The molecule has 3 aromatic rings. The van der Waals surface area contributed by atoms with Gasteiger partial charge in [0.05, 0.1) is 70.4 Å². The van der Waals surface area contributed by atoms with Crippen molar-refractivity contribution in [1.29, 1.82) is 10.5 Å². The number of hydrogen-bond donors (Lipinski definition) is 0. The average molecular weight is 1020 g/mol. The van der Waals surface area contributed by atoms with Gasteiger partial charge in [-0.05, 0) is 107 Å². The van der Waals surface area contributed by atoms with Gasteiger partial charge >= 0.3 is 41.8 Å². The molecule has 0 atom stereocenters. The maximum absolute atomic E-state index is 13.7. The fourth-order valence-corrected chi connectivity index (χ4v) is 10.6. The SMILES string of the molecule is C=CC(=O)OCC(C)(C)COC(=O)CCC(=O)OCCc1ccc(OC(=O)C2CCC(C(=O)Oc3cc(C)c(OC(=O)C4CCC(C(=O)Oc5ccc(C)cc5)CC4)c4c3SC(=C(C#N)C#N)S4)CC2)cc1. The van der Waals surface area contributed by atoms with Crippen LogP contribution >= 0.6 is 23.5 Å². The average Bonchev–Trinajstić information content (AvgIpc) is 3.82. The fraction of sp³-hybridized carbons (Fsp3) is 0.426. The second-order valence-corrected chi connectivity index (χ2v) is 20.9. The van der Waals surface area contributed by atoms with Crippen LogP contribution in [0.25, 0.3) is 0 Å². The van der Waals surface area contributed by atoms with Crippen molar-refractivity contribution in [2.45, 2.75) is 108 Å². The lowest BCUT2D eigenvalue weighted by Crippen LogP contribution is -2.31. The quantitative estimate of drug-likeness (QED) is 0.0357. The summed E-state index contributed by atoms with van der Waals surface area (Å²) in [4.78, 5) is 89.9. The van der Waals surface area contributed by atoms with Crippen molar-refractivity contribution in [1.82, 2.24) is 0 Å². The number of nitriles is 2. The number of thioether (sulfide) groups is 2. The largest absolute Gasteiger partial charge is 0.465 e. The molecule has 0 saturated heterocycles. The first-order valence-electron chi connectivity index (χ1n) is 23.7. The molecule has 2 saturated carbocycles. The van der Waals surface area contributed by atoms with Gasteiger partial charge in [-0.3, -0.25) is 28.8 Å². The fourth-order valence-electron chi connectivity index (χ4n) is 8.05. The monoisotopic (exact) mass is 1020 g/mol. The van der Waals surface area contributed by atoms with E-state index in [0.29, 0.717) is 88.9 Å². The molecule has 0 aromatic heterocycles. The summed E-state index contributed by atoms with van der Waals surface area (Å²) in [5, 5.41) is 19.4. The van der Waals surface area contributed by atoms with E-state index in [0.717, 1.165) is 40.7 Å². The number of fused-ring (bicyclic) bond motifs is 1. The third-order valence-electron chi connectivity index (χ3n) is 12.3. The number of allylic oxidation sites excluding steroid dienone is 1. The molecule has 6 rings (SSSR count). The van der Waals surface area contributed by atoms with Crippen LogP contribution in [0.5, 0.6) is 23.0 Å². The predicted molar refractivity (Wildman–Crippen MR) is 262 cm³/mol. The van der Waals surface area contributed by atoms with Gasteiger partial charge in [0, 0.05) is 17.9 Å². The zero-order valence-electron chi connectivity index (χ0n) is 40.6. The van der Waals surface area contributed by atoms with Crippen LogP contribution in [0.3, 0.4) is 0 Å². The molecule has 18 heteroatoms. The standard InChI is InChI=1S/C54H56N2O14S2/c1-6-43(57)65-30-54(4,5)31-66-45(59)24-23-44(58)64-26-25-34-9-21-41(22-10-34)68-50(61)35-11-15-37(16-12-35)51(62)69-42-27-33(3)46(48-47(42)71-53(72-48)39(28-55)29-56)70-52(63)38-17-13-36(14-18-38)49(60)67-40-19-7-32(2)8-20-40/h6-10,19-22,27,35-38H,1,11-18,23-26,30-31H2,2-5H3. The zero-order chi connectivity index (χ0) is 52.0. The second kappa shape index (κ2) is 25.5. The van der Waals surface area contributed by atoms with E-state index in [-0.39, 0.29) is 61.6 Å². The lowest BCUT2D eigenvalue weighted by Gasteiger charge is -2.27. The highest BCUT2D eigenvalue weighted by atomic mass is 32.2. The Kier molecular flexibility index (Phi) is 19.3. The van der Waals surface area contributed by atoms with E-state index >= 15 is 0 Å². The number of nitrogens with zero attached hydrogens (tertiary/aromatic N) is 2. The van der Waals surface area contributed by atoms with Crippen molar-refractivity contribution in [2.24, 2.45) is 29.1 Å². The third-order valence-corrected chi connectivity index (χ3v) is 14.9. The molecule has 72 heavy (non-hydrogen) atoms. The van der Waals surface area contributed by atoms with E-state index in [1.807, 2.05) is 31.2 Å². The molecule has 3 aliphatic rings. The molecule has 0 amide bonds. The number of hydrogen-bond acceptors (Lipinski definition) is 18. The number of carbonyl (C=O) groups is 7. The summed E-state index contributed by atoms with van der Waals surface area (Å²) in [6.45, 7) is 10.6. The number of ether oxygens (including phenoxy) is 7. The van der Waals surface area contributed by atoms with Gasteiger partial charge in [0.1, 0.15) is 40.7 Å². The highest BCUT2D eigenvalue weighted by Crippen LogP contribution is 2.60. The van der Waals surface area contributed by atoms with Gasteiger partial charge in [-0.2, -0.15) is 10.5 Å². The van der Waals surface area contributed by atoms with Crippen molar-refractivity contribution in [3.8, 4) is 35.1 Å². The molecular formula is C54H56N2O14S2. The van der Waals surface area contributed by atoms with Gasteiger partial charge < -0.3 is 33.2 Å². The van der Waals surface area contributed by atoms with Gasteiger partial charge in [0.15, 0.2) is 0 Å². The summed E-state index contributed by atoms with van der Waals surface area (Å²) in [6.07, 6.45) is 4.37. The molecule has 0 bridgehead atoms. The second-order valence-electron chi connectivity index (χ2n) is 18.6. The van der Waals surface area contributed by atoms with Crippen LogP contribution in [-0.2, 0) is 54.2 Å². The summed E-state index contributed by atoms with van der Waals surface area (Å²) in [5.41, 5.74) is 1.62. The van der Waals surface area contributed by atoms with E-state index < -0.39 is 59.0 Å². The first-order chi connectivity index (χ1) is 34.4. The predicted octanol–water partition coefficient (Wildman–Crippen LogP) is 9.56. The molecule has 0 unspecified atom stereocenters. The maximum Gasteiger partial charge on any atom is 0.330 e. The lowest BCUT2D eigenvalue weighted by molar-refractivity contribution is -0.154. The molecule has 1 aliphatic heterocycles. The van der Waals surface area contributed by atoms with Gasteiger partial charge in [-0.1, -0.05) is 73.8 Å². The van der Waals surface area contributed by atoms with Crippen molar-refractivity contribution in [2.75, 3.05) is 19.8 Å². The number of carbonyl (C=O) groups excluding carboxylic acids is 7. The molecule has 1 heterocycles. The molecule has 3 aromatic carbocycles. The highest BCUT2D eigenvalue weighted by molar-refractivity contribution is 8.24. The maximum atomic E-state index is 13.7. The Morgan fingerprint density at radius 3 is 1.61 bits per heavy atom. The van der Waals surface area contributed by atoms with E-state index in [4.69, 9.17) is 33.2 Å². The summed E-state index contributed by atoms with van der Waals surface area (Å²) >= 11 is 2.18. The van der Waals surface area contributed by atoms with Crippen LogP contribution in [0.15, 0.2) is 86.9 Å². The Morgan fingerprint density at radius 1 is 0.639 bits per heavy atom. The van der Waals surface area contributed by atoms with Gasteiger partial charge in [-0.25, -0.2) is 4.79 Å². The summed E-state index contributed by atoms with van der Waals surface area (Å²) < 4.78 is 39.2. The van der Waals surface area contributed by atoms with Crippen molar-refractivity contribution < 1.29 is 66.7 Å². The van der Waals surface area contributed by atoms with Gasteiger partial charge in [-0.15, -0.1) is 0 Å². The minimum Gasteiger partial charge on any atom is -0.465 e. The minimum atomic E-state index is -0.620. The van der Waals surface area contributed by atoms with Crippen LogP contribution < -0.4 is 18.9 Å². The normalized spacial score (nSPS) is 18.2. The molecule has 0 spiro atoms. The third kappa shape index (κ3) is 15.3. The Morgan fingerprint density at radius 2 is 1.10 bits per heavy atom. The minimum absolute atomic E-state index is 0.00228. The molecule has 378 valence electrons. The molecule has 2 aliphatic carbocycles. The first kappa shape index (κ1) is 54.4. The van der Waals surface area contributed by atoms with Crippen LogP contribution in [0.1, 0.15) is 94.7 Å². The van der Waals surface area contributed by atoms with E-state index in [9.17, 15) is 44.1 Å². The number of aryl methyl sites for hydroxylation is 2. The van der Waals surface area contributed by atoms with Crippen LogP contribution in [0, 0.1) is 65.6 Å². The smallest absolute Gasteiger partial charge is 0.330 e. The molecule has 0 radical (unpaired) electrons. The van der Waals surface area contributed by atoms with Gasteiger partial charge in [0.25, 0.3) is 0 Å². The summed E-state index contributed by atoms with van der Waals surface area (Å²) in [7, 11) is 0. The first-order valence-corrected chi connectivity index (χ1v) is 25.3. The van der Waals surface area contributed by atoms with Crippen molar-refractivity contribution in [3.05, 3.63) is 93.8 Å². The Labute approximate surface area is 426 Å². The van der Waals surface area contributed by atoms with E-state index in [2.05, 4.69) is 6.58 Å². The van der Waals surface area contributed by atoms with Crippen LogP contribution in [0.2, 0.25) is 0 Å². The Hall–Kier alpha value is -6.89. The van der Waals surface area contributed by atoms with Crippen LogP contribution in [0.4, 0.5) is 0 Å². The van der Waals surface area contributed by atoms with E-state index in [1.165, 1.54) is 0 Å². The molecule has 2 fully saturated rings. The van der Waals surface area contributed by atoms with Gasteiger partial charge in [0.2, 0.25) is 0 Å². The van der Waals surface area contributed by atoms with E-state index in [1.54, 1.807) is 63.2 Å². The molecular weight excluding hydrogens is 965 g/mol. The number of rotatable bonds is 19. The zero-order valence-corrected chi connectivity index (χ0v) is 42.2. The number of benzene rings is 3. The van der Waals surface area contributed by atoms with Crippen molar-refractivity contribution >= 4 is 65.3 Å². The Balaban J connectivity index is 0.948. The number of esters is 7. The molecule has 16 nitrogen and oxygen atoms in total. The summed E-state index contributed by atoms with van der Waals surface area (Å²) in [5.74, 6) is -3.98.